The van der Waals surface area contributed by atoms with Gasteiger partial charge in [0.1, 0.15) is 5.70 Å². The number of carbonyl (C=O) groups is 2. The molecular weight excluding hydrogens is 376 g/mol. The standard InChI is InChI=1S/C24H22N4O2/c1-3-12-27-23(29)21(26-24(27)30)13-20-16(2)28(22-11-7-6-10-19(20)22)15-18-9-5-4-8-17(18)14-25/h4-11,13H,3,12,15H2,1-2H3,(H,26,30)/b21-13+. The lowest BCUT2D eigenvalue weighted by Crippen LogP contribution is -2.31. The van der Waals surface area contributed by atoms with Crippen molar-refractivity contribution in [3.63, 3.8) is 0 Å². The molecule has 0 atom stereocenters. The Bertz CT molecular complexity index is 1230. The minimum absolute atomic E-state index is 0.289. The molecule has 30 heavy (non-hydrogen) atoms. The molecular formula is C24H22N4O2. The number of nitrogens with one attached hydrogen (secondary N) is 1. The fourth-order valence-corrected chi connectivity index (χ4v) is 3.92. The number of imide groups is 1. The Morgan fingerprint density at radius 2 is 1.83 bits per heavy atom. The fourth-order valence-electron chi connectivity index (χ4n) is 3.92. The predicted octanol–water partition coefficient (Wildman–Crippen LogP) is 4.17. The van der Waals surface area contributed by atoms with Crippen LogP contribution in [0.3, 0.4) is 0 Å². The van der Waals surface area contributed by atoms with E-state index in [1.807, 2.05) is 62.4 Å². The van der Waals surface area contributed by atoms with Crippen LogP contribution in [0.4, 0.5) is 4.79 Å². The molecule has 0 aliphatic carbocycles. The van der Waals surface area contributed by atoms with E-state index in [0.29, 0.717) is 25.1 Å². The molecule has 0 saturated carbocycles. The van der Waals surface area contributed by atoms with Crippen molar-refractivity contribution in [2.45, 2.75) is 26.8 Å². The van der Waals surface area contributed by atoms with Gasteiger partial charge in [-0.1, -0.05) is 43.3 Å². The number of para-hydroxylation sites is 1. The van der Waals surface area contributed by atoms with E-state index in [2.05, 4.69) is 16.0 Å². The zero-order valence-electron chi connectivity index (χ0n) is 17.0. The van der Waals surface area contributed by atoms with Crippen molar-refractivity contribution in [2.75, 3.05) is 6.54 Å². The van der Waals surface area contributed by atoms with Gasteiger partial charge in [-0.2, -0.15) is 5.26 Å². The van der Waals surface area contributed by atoms with Gasteiger partial charge in [-0.3, -0.25) is 9.69 Å². The lowest BCUT2D eigenvalue weighted by atomic mass is 10.1. The molecule has 1 aliphatic heterocycles. The summed E-state index contributed by atoms with van der Waals surface area (Å²) in [6.45, 7) is 4.86. The van der Waals surface area contributed by atoms with E-state index in [1.54, 1.807) is 6.08 Å². The Morgan fingerprint density at radius 1 is 1.10 bits per heavy atom. The molecule has 1 N–H and O–H groups in total. The second-order valence-corrected chi connectivity index (χ2v) is 7.32. The van der Waals surface area contributed by atoms with Gasteiger partial charge >= 0.3 is 6.03 Å². The largest absolute Gasteiger partial charge is 0.340 e. The van der Waals surface area contributed by atoms with E-state index in [1.165, 1.54) is 4.90 Å². The number of hydrogen-bond acceptors (Lipinski definition) is 3. The Hall–Kier alpha value is -3.85. The summed E-state index contributed by atoms with van der Waals surface area (Å²) in [4.78, 5) is 26.1. The van der Waals surface area contributed by atoms with E-state index in [4.69, 9.17) is 0 Å². The first-order valence-electron chi connectivity index (χ1n) is 9.95. The van der Waals surface area contributed by atoms with Gasteiger partial charge in [0.2, 0.25) is 0 Å². The highest BCUT2D eigenvalue weighted by Crippen LogP contribution is 2.30. The van der Waals surface area contributed by atoms with Crippen LogP contribution >= 0.6 is 0 Å². The SMILES string of the molecule is CCCN1C(=O)N/C(=C/c2c(C)n(Cc3ccccc3C#N)c3ccccc23)C1=O. The van der Waals surface area contributed by atoms with E-state index >= 15 is 0 Å². The van der Waals surface area contributed by atoms with Gasteiger partial charge in [-0.15, -0.1) is 0 Å². The van der Waals surface area contributed by atoms with Crippen LogP contribution < -0.4 is 5.32 Å². The summed E-state index contributed by atoms with van der Waals surface area (Å²) < 4.78 is 2.14. The van der Waals surface area contributed by atoms with Crippen LogP contribution in [0.5, 0.6) is 0 Å². The number of aromatic nitrogens is 1. The Morgan fingerprint density at radius 3 is 2.60 bits per heavy atom. The van der Waals surface area contributed by atoms with E-state index in [-0.39, 0.29) is 17.6 Å². The zero-order valence-corrected chi connectivity index (χ0v) is 17.0. The molecule has 3 amide bonds. The summed E-state index contributed by atoms with van der Waals surface area (Å²) in [7, 11) is 0. The normalized spacial score (nSPS) is 15.1. The lowest BCUT2D eigenvalue weighted by molar-refractivity contribution is -0.122. The first-order valence-corrected chi connectivity index (χ1v) is 9.95. The summed E-state index contributed by atoms with van der Waals surface area (Å²) in [6.07, 6.45) is 2.48. The van der Waals surface area contributed by atoms with Crippen molar-refractivity contribution in [3.05, 3.63) is 76.6 Å². The number of nitriles is 1. The van der Waals surface area contributed by atoms with Gasteiger partial charge in [-0.05, 0) is 37.1 Å². The van der Waals surface area contributed by atoms with E-state index < -0.39 is 0 Å². The highest BCUT2D eigenvalue weighted by atomic mass is 16.2. The van der Waals surface area contributed by atoms with Gasteiger partial charge in [0.25, 0.3) is 5.91 Å². The first-order chi connectivity index (χ1) is 14.5. The van der Waals surface area contributed by atoms with E-state index in [9.17, 15) is 14.9 Å². The molecule has 1 fully saturated rings. The fraction of sp³-hybridized carbons (Fsp3) is 0.208. The summed E-state index contributed by atoms with van der Waals surface area (Å²) in [5.41, 5.74) is 4.73. The Kier molecular flexibility index (Phi) is 5.11. The van der Waals surface area contributed by atoms with Crippen molar-refractivity contribution >= 4 is 28.9 Å². The molecule has 6 nitrogen and oxygen atoms in total. The average molecular weight is 398 g/mol. The molecule has 0 bridgehead atoms. The minimum Gasteiger partial charge on any atom is -0.340 e. The maximum absolute atomic E-state index is 12.7. The highest BCUT2D eigenvalue weighted by molar-refractivity contribution is 6.14. The maximum atomic E-state index is 12.7. The van der Waals surface area contributed by atoms with Crippen molar-refractivity contribution in [2.24, 2.45) is 0 Å². The molecule has 1 aliphatic rings. The molecule has 2 aromatic carbocycles. The molecule has 150 valence electrons. The predicted molar refractivity (Wildman–Crippen MR) is 115 cm³/mol. The molecule has 6 heteroatoms. The highest BCUT2D eigenvalue weighted by Gasteiger charge is 2.33. The smallest absolute Gasteiger partial charge is 0.329 e. The molecule has 4 rings (SSSR count). The average Bonchev–Trinajstić information content (AvgIpc) is 3.17. The molecule has 1 saturated heterocycles. The summed E-state index contributed by atoms with van der Waals surface area (Å²) >= 11 is 0. The van der Waals surface area contributed by atoms with Gasteiger partial charge in [0, 0.05) is 35.2 Å². The number of carbonyl (C=O) groups excluding carboxylic acids is 2. The quantitative estimate of drug-likeness (QED) is 0.517. The topological polar surface area (TPSA) is 78.1 Å². The van der Waals surface area contributed by atoms with Crippen LogP contribution in [-0.2, 0) is 11.3 Å². The Labute approximate surface area is 175 Å². The lowest BCUT2D eigenvalue weighted by Gasteiger charge is -2.10. The van der Waals surface area contributed by atoms with Crippen molar-refractivity contribution in [1.82, 2.24) is 14.8 Å². The minimum atomic E-state index is -0.377. The van der Waals surface area contributed by atoms with Crippen LogP contribution in [0, 0.1) is 18.3 Å². The van der Waals surface area contributed by atoms with Gasteiger partial charge < -0.3 is 9.88 Å². The number of benzene rings is 2. The van der Waals surface area contributed by atoms with Crippen LogP contribution in [0.25, 0.3) is 17.0 Å². The number of nitrogens with zero attached hydrogens (tertiary/aromatic N) is 3. The van der Waals surface area contributed by atoms with Crippen molar-refractivity contribution in [3.8, 4) is 6.07 Å². The van der Waals surface area contributed by atoms with Crippen molar-refractivity contribution in [1.29, 1.82) is 5.26 Å². The second-order valence-electron chi connectivity index (χ2n) is 7.32. The number of urea groups is 1. The molecule has 0 unspecified atom stereocenters. The molecule has 2 heterocycles. The van der Waals surface area contributed by atoms with Crippen molar-refractivity contribution < 1.29 is 9.59 Å². The van der Waals surface area contributed by atoms with Crippen LogP contribution in [0.1, 0.15) is 35.7 Å². The molecule has 0 spiro atoms. The number of amides is 3. The third-order valence-corrected chi connectivity index (χ3v) is 5.44. The van der Waals surface area contributed by atoms with Gasteiger partial charge in [0.15, 0.2) is 0 Å². The van der Waals surface area contributed by atoms with E-state index in [0.717, 1.165) is 27.7 Å². The monoisotopic (exact) mass is 398 g/mol. The Balaban J connectivity index is 1.81. The summed E-state index contributed by atoms with van der Waals surface area (Å²) in [5, 5.41) is 13.1. The molecule has 0 radical (unpaired) electrons. The molecule has 1 aromatic heterocycles. The number of fused-ring (bicyclic) bond motifs is 1. The van der Waals surface area contributed by atoms with Crippen LogP contribution in [-0.4, -0.2) is 28.0 Å². The summed E-state index contributed by atoms with van der Waals surface area (Å²) in [5.74, 6) is -0.298. The second kappa shape index (κ2) is 7.88. The first kappa shape index (κ1) is 19.5. The van der Waals surface area contributed by atoms with Crippen LogP contribution in [0.2, 0.25) is 0 Å². The number of rotatable bonds is 5. The molecule has 3 aromatic rings. The van der Waals surface area contributed by atoms with Crippen LogP contribution in [0.15, 0.2) is 54.2 Å². The zero-order chi connectivity index (χ0) is 21.3. The van der Waals surface area contributed by atoms with Gasteiger partial charge in [0.05, 0.1) is 11.6 Å². The third kappa shape index (κ3) is 3.25. The summed E-state index contributed by atoms with van der Waals surface area (Å²) in [6, 6.07) is 17.4. The number of hydrogen-bond donors (Lipinski definition) is 1. The third-order valence-electron chi connectivity index (χ3n) is 5.44. The maximum Gasteiger partial charge on any atom is 0.329 e. The van der Waals surface area contributed by atoms with Gasteiger partial charge in [-0.25, -0.2) is 4.79 Å².